The Morgan fingerprint density at radius 3 is 2.67 bits per heavy atom. The van der Waals surface area contributed by atoms with Crippen molar-refractivity contribution in [2.45, 2.75) is 37.6 Å². The lowest BCUT2D eigenvalue weighted by Gasteiger charge is -2.37. The molecule has 2 N–H and O–H groups in total. The predicted molar refractivity (Wildman–Crippen MR) is 119 cm³/mol. The summed E-state index contributed by atoms with van der Waals surface area (Å²) in [5, 5.41) is 6.37. The number of ether oxygens (including phenoxy) is 2. The number of hydrogen-bond donors (Lipinski definition) is 2. The van der Waals surface area contributed by atoms with Crippen LogP contribution in [0.2, 0.25) is 0 Å². The first-order valence-electron chi connectivity index (χ1n) is 9.93. The fraction of sp³-hybridized carbons (Fsp3) is 0.684. The van der Waals surface area contributed by atoms with Crippen LogP contribution in [0.25, 0.3) is 0 Å². The van der Waals surface area contributed by atoms with Gasteiger partial charge >= 0.3 is 6.18 Å². The van der Waals surface area contributed by atoms with Crippen LogP contribution < -0.4 is 10.6 Å². The molecule has 11 heteroatoms. The molecule has 2 aliphatic heterocycles. The lowest BCUT2D eigenvalue weighted by molar-refractivity contribution is -0.137. The standard InChI is InChI=1S/C19H28F3N5O2.HI/c1-23-18(27-9-11-29-16(13-27)15-4-2-10-28-15)25-8-3-7-24-17-6-5-14(12-26-17)19(20,21)22;/h5-6,12,15-16H,2-4,7-11,13H2,1H3,(H,23,25)(H,24,26);1H. The van der Waals surface area contributed by atoms with Crippen LogP contribution in [-0.4, -0.2) is 74.5 Å². The Morgan fingerprint density at radius 1 is 1.23 bits per heavy atom. The van der Waals surface area contributed by atoms with Crippen molar-refractivity contribution in [1.29, 1.82) is 0 Å². The van der Waals surface area contributed by atoms with E-state index in [9.17, 15) is 13.2 Å². The molecule has 1 aromatic rings. The molecule has 0 spiro atoms. The minimum absolute atomic E-state index is 0. The van der Waals surface area contributed by atoms with E-state index in [0.717, 1.165) is 57.2 Å². The zero-order valence-corrected chi connectivity index (χ0v) is 19.3. The van der Waals surface area contributed by atoms with Gasteiger partial charge in [-0.25, -0.2) is 4.98 Å². The largest absolute Gasteiger partial charge is 0.417 e. The summed E-state index contributed by atoms with van der Waals surface area (Å²) in [7, 11) is 1.75. The van der Waals surface area contributed by atoms with Gasteiger partial charge in [-0.05, 0) is 31.4 Å². The second-order valence-corrected chi connectivity index (χ2v) is 7.09. The summed E-state index contributed by atoms with van der Waals surface area (Å²) in [4.78, 5) is 10.3. The van der Waals surface area contributed by atoms with E-state index in [1.54, 1.807) is 7.05 Å². The maximum absolute atomic E-state index is 12.5. The molecule has 0 bridgehead atoms. The number of guanidine groups is 1. The number of hydrogen-bond acceptors (Lipinski definition) is 5. The molecule has 0 saturated carbocycles. The van der Waals surface area contributed by atoms with Crippen LogP contribution in [0.3, 0.4) is 0 Å². The van der Waals surface area contributed by atoms with Gasteiger partial charge < -0.3 is 25.0 Å². The molecule has 3 heterocycles. The van der Waals surface area contributed by atoms with Crippen molar-refractivity contribution in [3.05, 3.63) is 23.9 Å². The number of pyridine rings is 1. The van der Waals surface area contributed by atoms with E-state index < -0.39 is 11.7 Å². The van der Waals surface area contributed by atoms with Crippen LogP contribution in [0.15, 0.2) is 23.3 Å². The van der Waals surface area contributed by atoms with Crippen molar-refractivity contribution in [3.8, 4) is 0 Å². The molecular formula is C19H29F3IN5O2. The molecule has 0 radical (unpaired) electrons. The fourth-order valence-corrected chi connectivity index (χ4v) is 3.49. The van der Waals surface area contributed by atoms with Crippen LogP contribution in [0.5, 0.6) is 0 Å². The Bertz CT molecular complexity index is 669. The zero-order chi connectivity index (χ0) is 20.7. The van der Waals surface area contributed by atoms with Crippen molar-refractivity contribution in [3.63, 3.8) is 0 Å². The molecular weight excluding hydrogens is 514 g/mol. The summed E-state index contributed by atoms with van der Waals surface area (Å²) in [6.45, 7) is 4.24. The maximum Gasteiger partial charge on any atom is 0.417 e. The minimum Gasteiger partial charge on any atom is -0.375 e. The molecule has 0 aliphatic carbocycles. The highest BCUT2D eigenvalue weighted by Gasteiger charge is 2.32. The molecule has 170 valence electrons. The molecule has 3 rings (SSSR count). The third-order valence-corrected chi connectivity index (χ3v) is 5.02. The van der Waals surface area contributed by atoms with Crippen molar-refractivity contribution in [2.24, 2.45) is 4.99 Å². The van der Waals surface area contributed by atoms with E-state index >= 15 is 0 Å². The normalized spacial score (nSPS) is 22.5. The zero-order valence-electron chi connectivity index (χ0n) is 17.0. The number of rotatable bonds is 6. The predicted octanol–water partition coefficient (Wildman–Crippen LogP) is 2.98. The van der Waals surface area contributed by atoms with E-state index in [2.05, 4.69) is 25.5 Å². The van der Waals surface area contributed by atoms with Gasteiger partial charge in [0.25, 0.3) is 0 Å². The van der Waals surface area contributed by atoms with Gasteiger partial charge in [0, 0.05) is 46.0 Å². The lowest BCUT2D eigenvalue weighted by Crippen LogP contribution is -2.53. The molecule has 2 unspecified atom stereocenters. The smallest absolute Gasteiger partial charge is 0.375 e. The number of morpholine rings is 1. The highest BCUT2D eigenvalue weighted by molar-refractivity contribution is 14.0. The van der Waals surface area contributed by atoms with Crippen molar-refractivity contribution in [2.75, 3.05) is 51.8 Å². The molecule has 0 aromatic carbocycles. The van der Waals surface area contributed by atoms with Gasteiger partial charge in [-0.1, -0.05) is 0 Å². The average Bonchev–Trinajstić information content (AvgIpc) is 3.25. The molecule has 2 fully saturated rings. The summed E-state index contributed by atoms with van der Waals surface area (Å²) in [6.07, 6.45) is -0.416. The molecule has 30 heavy (non-hydrogen) atoms. The molecule has 2 saturated heterocycles. The summed E-state index contributed by atoms with van der Waals surface area (Å²) in [5.74, 6) is 1.25. The topological polar surface area (TPSA) is 71.0 Å². The van der Waals surface area contributed by atoms with Gasteiger partial charge in [0.1, 0.15) is 11.9 Å². The average molecular weight is 543 g/mol. The minimum atomic E-state index is -4.37. The number of halogens is 4. The fourth-order valence-electron chi connectivity index (χ4n) is 3.49. The number of aliphatic imine (C=N–C) groups is 1. The number of nitrogens with zero attached hydrogens (tertiary/aromatic N) is 3. The molecule has 1 aromatic heterocycles. The third kappa shape index (κ3) is 7.12. The number of alkyl halides is 3. The molecule has 2 atom stereocenters. The number of anilines is 1. The first-order valence-corrected chi connectivity index (χ1v) is 9.93. The third-order valence-electron chi connectivity index (χ3n) is 5.02. The first-order chi connectivity index (χ1) is 14.0. The Kier molecular flexibility index (Phi) is 9.88. The highest BCUT2D eigenvalue weighted by atomic mass is 127. The van der Waals surface area contributed by atoms with Gasteiger partial charge in [-0.3, -0.25) is 4.99 Å². The van der Waals surface area contributed by atoms with Crippen LogP contribution in [0.1, 0.15) is 24.8 Å². The van der Waals surface area contributed by atoms with Gasteiger partial charge in [0.05, 0.1) is 18.3 Å². The van der Waals surface area contributed by atoms with Gasteiger partial charge in [0.15, 0.2) is 5.96 Å². The molecule has 0 amide bonds. The van der Waals surface area contributed by atoms with E-state index in [-0.39, 0.29) is 36.2 Å². The van der Waals surface area contributed by atoms with Crippen LogP contribution in [0, 0.1) is 0 Å². The van der Waals surface area contributed by atoms with Gasteiger partial charge in [-0.2, -0.15) is 13.2 Å². The molecule has 2 aliphatic rings. The lowest BCUT2D eigenvalue weighted by atomic mass is 10.1. The number of aromatic nitrogens is 1. The van der Waals surface area contributed by atoms with Crippen LogP contribution in [0.4, 0.5) is 19.0 Å². The Morgan fingerprint density at radius 2 is 2.03 bits per heavy atom. The van der Waals surface area contributed by atoms with Crippen LogP contribution in [-0.2, 0) is 15.7 Å². The SMILES string of the molecule is CN=C(NCCCNc1ccc(C(F)(F)F)cn1)N1CCOC(C2CCCO2)C1.I. The van der Waals surface area contributed by atoms with Crippen molar-refractivity contribution in [1.82, 2.24) is 15.2 Å². The molecule has 7 nitrogen and oxygen atoms in total. The van der Waals surface area contributed by atoms with Crippen LogP contribution >= 0.6 is 24.0 Å². The Hall–Kier alpha value is -1.34. The maximum atomic E-state index is 12.5. The van der Waals surface area contributed by atoms with Gasteiger partial charge in [-0.15, -0.1) is 24.0 Å². The second-order valence-electron chi connectivity index (χ2n) is 7.09. The van der Waals surface area contributed by atoms with E-state index in [1.807, 2.05) is 0 Å². The van der Waals surface area contributed by atoms with E-state index in [0.29, 0.717) is 25.5 Å². The highest BCUT2D eigenvalue weighted by Crippen LogP contribution is 2.28. The number of nitrogens with one attached hydrogen (secondary N) is 2. The Labute approximate surface area is 191 Å². The monoisotopic (exact) mass is 543 g/mol. The summed E-state index contributed by atoms with van der Waals surface area (Å²) < 4.78 is 49.3. The first kappa shape index (κ1) is 24.9. The Balaban J connectivity index is 0.00000320. The summed E-state index contributed by atoms with van der Waals surface area (Å²) >= 11 is 0. The van der Waals surface area contributed by atoms with Gasteiger partial charge in [0.2, 0.25) is 0 Å². The van der Waals surface area contributed by atoms with Crippen molar-refractivity contribution < 1.29 is 22.6 Å². The summed E-state index contributed by atoms with van der Waals surface area (Å²) in [5.41, 5.74) is -0.750. The quantitative estimate of drug-likeness (QED) is 0.249. The summed E-state index contributed by atoms with van der Waals surface area (Å²) in [6, 6.07) is 2.37. The van der Waals surface area contributed by atoms with E-state index in [1.165, 1.54) is 6.07 Å². The van der Waals surface area contributed by atoms with E-state index in [4.69, 9.17) is 9.47 Å². The second kappa shape index (κ2) is 11.9. The van der Waals surface area contributed by atoms with Crippen molar-refractivity contribution >= 4 is 35.8 Å².